The number of nitrogens with zero attached hydrogens (tertiary/aromatic N) is 1. The molecular formula is C14H18BrNO4. The highest BCUT2D eigenvalue weighted by Crippen LogP contribution is 2.17. The third kappa shape index (κ3) is 4.77. The summed E-state index contributed by atoms with van der Waals surface area (Å²) in [5.74, 6) is 0.585. The third-order valence-corrected chi connectivity index (χ3v) is 3.58. The minimum Gasteiger partial charge on any atom is -0.491 e. The van der Waals surface area contributed by atoms with Crippen LogP contribution in [0.2, 0.25) is 0 Å². The Balaban J connectivity index is 1.78. The van der Waals surface area contributed by atoms with Gasteiger partial charge in [-0.1, -0.05) is 15.9 Å². The van der Waals surface area contributed by atoms with Crippen molar-refractivity contribution in [3.05, 3.63) is 28.7 Å². The molecule has 0 radical (unpaired) electrons. The van der Waals surface area contributed by atoms with Crippen molar-refractivity contribution >= 4 is 21.9 Å². The summed E-state index contributed by atoms with van der Waals surface area (Å²) >= 11 is 3.38. The van der Waals surface area contributed by atoms with Crippen LogP contribution in [0.25, 0.3) is 0 Å². The Labute approximate surface area is 126 Å². The van der Waals surface area contributed by atoms with Gasteiger partial charge in [0.2, 0.25) is 0 Å². The monoisotopic (exact) mass is 343 g/mol. The summed E-state index contributed by atoms with van der Waals surface area (Å²) in [5.41, 5.74) is 0. The summed E-state index contributed by atoms with van der Waals surface area (Å²) in [4.78, 5) is 13.3. The smallest absolute Gasteiger partial charge is 0.319 e. The van der Waals surface area contributed by atoms with E-state index in [1.54, 1.807) is 0 Å². The van der Waals surface area contributed by atoms with Crippen molar-refractivity contribution in [2.45, 2.75) is 6.10 Å². The lowest BCUT2D eigenvalue weighted by atomic mass is 10.3. The number of ether oxygens (including phenoxy) is 3. The van der Waals surface area contributed by atoms with Crippen LogP contribution in [0.3, 0.4) is 0 Å². The molecule has 0 aliphatic carbocycles. The summed E-state index contributed by atoms with van der Waals surface area (Å²) < 4.78 is 17.0. The number of carbonyl (C=O) groups excluding carboxylic acids is 1. The Morgan fingerprint density at radius 3 is 2.90 bits per heavy atom. The van der Waals surface area contributed by atoms with Crippen LogP contribution in [0.15, 0.2) is 28.7 Å². The summed E-state index contributed by atoms with van der Waals surface area (Å²) in [5, 5.41) is 0. The predicted octanol–water partition coefficient (Wildman–Crippen LogP) is 1.70. The molecule has 110 valence electrons. The molecule has 6 heteroatoms. The minimum atomic E-state index is -0.223. The van der Waals surface area contributed by atoms with Crippen LogP contribution in [-0.4, -0.2) is 56.9 Å². The topological polar surface area (TPSA) is 48.0 Å². The zero-order valence-corrected chi connectivity index (χ0v) is 13.0. The van der Waals surface area contributed by atoms with Gasteiger partial charge in [-0.3, -0.25) is 9.69 Å². The molecule has 0 unspecified atom stereocenters. The van der Waals surface area contributed by atoms with Gasteiger partial charge in [0.1, 0.15) is 18.5 Å². The molecular weight excluding hydrogens is 326 g/mol. The molecule has 0 spiro atoms. The highest BCUT2D eigenvalue weighted by molar-refractivity contribution is 9.10. The number of benzene rings is 1. The van der Waals surface area contributed by atoms with Gasteiger partial charge in [-0.05, 0) is 24.3 Å². The maximum absolute atomic E-state index is 11.3. The Morgan fingerprint density at radius 2 is 2.20 bits per heavy atom. The van der Waals surface area contributed by atoms with Gasteiger partial charge in [0.15, 0.2) is 0 Å². The van der Waals surface area contributed by atoms with E-state index in [-0.39, 0.29) is 12.1 Å². The van der Waals surface area contributed by atoms with Crippen molar-refractivity contribution in [3.8, 4) is 5.75 Å². The van der Waals surface area contributed by atoms with E-state index in [0.29, 0.717) is 26.3 Å². The van der Waals surface area contributed by atoms with Crippen molar-refractivity contribution in [3.63, 3.8) is 0 Å². The maximum Gasteiger partial charge on any atom is 0.319 e. The number of methoxy groups -OCH3 is 1. The zero-order chi connectivity index (χ0) is 14.4. The molecule has 5 nitrogen and oxygen atoms in total. The van der Waals surface area contributed by atoms with E-state index in [2.05, 4.69) is 20.7 Å². The first-order chi connectivity index (χ1) is 9.67. The van der Waals surface area contributed by atoms with Crippen molar-refractivity contribution < 1.29 is 19.0 Å². The fourth-order valence-corrected chi connectivity index (χ4v) is 2.26. The summed E-state index contributed by atoms with van der Waals surface area (Å²) in [6, 6.07) is 7.67. The molecule has 0 aromatic heterocycles. The Morgan fingerprint density at radius 1 is 1.45 bits per heavy atom. The predicted molar refractivity (Wildman–Crippen MR) is 77.8 cm³/mol. The van der Waals surface area contributed by atoms with Crippen LogP contribution in [0.5, 0.6) is 5.75 Å². The maximum atomic E-state index is 11.3. The van der Waals surface area contributed by atoms with Crippen LogP contribution in [0.1, 0.15) is 0 Å². The fraction of sp³-hybridized carbons (Fsp3) is 0.500. The molecule has 20 heavy (non-hydrogen) atoms. The second-order valence-corrected chi connectivity index (χ2v) is 5.48. The van der Waals surface area contributed by atoms with Crippen molar-refractivity contribution in [2.75, 3.05) is 40.0 Å². The van der Waals surface area contributed by atoms with Gasteiger partial charge in [0.25, 0.3) is 0 Å². The average molecular weight is 344 g/mol. The molecule has 1 aromatic carbocycles. The lowest BCUT2D eigenvalue weighted by molar-refractivity contribution is -0.144. The first-order valence-corrected chi connectivity index (χ1v) is 7.26. The Kier molecular flexibility index (Phi) is 5.82. The SMILES string of the molecule is COC(=O)CN1CCO[C@@H](COc2ccc(Br)cc2)C1. The number of rotatable bonds is 5. The molecule has 0 bridgehead atoms. The molecule has 1 aromatic rings. The quantitative estimate of drug-likeness (QED) is 0.761. The van der Waals surface area contributed by atoms with Crippen LogP contribution in [0, 0.1) is 0 Å². The van der Waals surface area contributed by atoms with Gasteiger partial charge in [-0.15, -0.1) is 0 Å². The van der Waals surface area contributed by atoms with Crippen molar-refractivity contribution in [1.29, 1.82) is 0 Å². The second kappa shape index (κ2) is 7.61. The van der Waals surface area contributed by atoms with E-state index < -0.39 is 0 Å². The molecule has 1 saturated heterocycles. The van der Waals surface area contributed by atoms with Gasteiger partial charge < -0.3 is 14.2 Å². The van der Waals surface area contributed by atoms with E-state index in [1.165, 1.54) is 7.11 Å². The number of morpholine rings is 1. The standard InChI is InChI=1S/C14H18BrNO4/c1-18-14(17)9-16-6-7-19-13(8-16)10-20-12-4-2-11(15)3-5-12/h2-5,13H,6-10H2,1H3/t13-/m1/s1. The van der Waals surface area contributed by atoms with Gasteiger partial charge in [-0.2, -0.15) is 0 Å². The summed E-state index contributed by atoms with van der Waals surface area (Å²) in [6.07, 6.45) is -0.0305. The zero-order valence-electron chi connectivity index (χ0n) is 11.4. The van der Waals surface area contributed by atoms with Crippen LogP contribution in [-0.2, 0) is 14.3 Å². The fourth-order valence-electron chi connectivity index (χ4n) is 1.99. The molecule has 0 N–H and O–H groups in total. The van der Waals surface area contributed by atoms with E-state index >= 15 is 0 Å². The van der Waals surface area contributed by atoms with Crippen molar-refractivity contribution in [2.24, 2.45) is 0 Å². The van der Waals surface area contributed by atoms with Gasteiger partial charge in [-0.25, -0.2) is 0 Å². The second-order valence-electron chi connectivity index (χ2n) is 4.57. The number of hydrogen-bond donors (Lipinski definition) is 0. The average Bonchev–Trinajstić information content (AvgIpc) is 2.47. The molecule has 1 aliphatic rings. The summed E-state index contributed by atoms with van der Waals surface area (Å²) in [6.45, 7) is 2.79. The van der Waals surface area contributed by atoms with Gasteiger partial charge in [0.05, 0.1) is 20.3 Å². The normalized spacial score (nSPS) is 19.6. The number of carbonyl (C=O) groups is 1. The Hall–Kier alpha value is -1.11. The molecule has 1 atom stereocenters. The molecule has 2 rings (SSSR count). The van der Waals surface area contributed by atoms with E-state index in [0.717, 1.165) is 16.8 Å². The Bertz CT molecular complexity index is 437. The van der Waals surface area contributed by atoms with Crippen LogP contribution >= 0.6 is 15.9 Å². The van der Waals surface area contributed by atoms with Crippen molar-refractivity contribution in [1.82, 2.24) is 4.90 Å². The number of esters is 1. The highest BCUT2D eigenvalue weighted by atomic mass is 79.9. The largest absolute Gasteiger partial charge is 0.491 e. The molecule has 1 fully saturated rings. The minimum absolute atomic E-state index is 0.0305. The lowest BCUT2D eigenvalue weighted by Crippen LogP contribution is -2.46. The lowest BCUT2D eigenvalue weighted by Gasteiger charge is -2.31. The first kappa shape index (κ1) is 15.3. The third-order valence-electron chi connectivity index (χ3n) is 3.05. The van der Waals surface area contributed by atoms with E-state index in [4.69, 9.17) is 9.47 Å². The highest BCUT2D eigenvalue weighted by Gasteiger charge is 2.22. The summed E-state index contributed by atoms with van der Waals surface area (Å²) in [7, 11) is 1.40. The molecule has 1 heterocycles. The van der Waals surface area contributed by atoms with Gasteiger partial charge >= 0.3 is 5.97 Å². The molecule has 0 amide bonds. The van der Waals surface area contributed by atoms with Gasteiger partial charge in [0, 0.05) is 17.6 Å². The van der Waals surface area contributed by atoms with Crippen LogP contribution < -0.4 is 4.74 Å². The van der Waals surface area contributed by atoms with E-state index in [9.17, 15) is 4.79 Å². The first-order valence-electron chi connectivity index (χ1n) is 6.46. The molecule has 0 saturated carbocycles. The van der Waals surface area contributed by atoms with Crippen LogP contribution in [0.4, 0.5) is 0 Å². The number of halogens is 1. The number of hydrogen-bond acceptors (Lipinski definition) is 5. The van der Waals surface area contributed by atoms with E-state index in [1.807, 2.05) is 29.2 Å². The molecule has 1 aliphatic heterocycles.